The summed E-state index contributed by atoms with van der Waals surface area (Å²) in [6.45, 7) is 5.87. The van der Waals surface area contributed by atoms with Gasteiger partial charge in [-0.05, 0) is 50.1 Å². The van der Waals surface area contributed by atoms with E-state index in [1.165, 1.54) is 0 Å². The topological polar surface area (TPSA) is 47.6 Å². The maximum atomic E-state index is 12.7. The summed E-state index contributed by atoms with van der Waals surface area (Å²) in [4.78, 5) is 12.7. The van der Waals surface area contributed by atoms with Gasteiger partial charge in [-0.1, -0.05) is 48.9 Å². The summed E-state index contributed by atoms with van der Waals surface area (Å²) in [7, 11) is 1.66. The highest BCUT2D eigenvalue weighted by molar-refractivity contribution is 6.30. The first-order chi connectivity index (χ1) is 12.3. The highest BCUT2D eigenvalue weighted by Crippen LogP contribution is 2.28. The zero-order valence-electron chi connectivity index (χ0n) is 15.7. The standard InChI is InChI=1S/C21H26ClNO3/c1-5-21(25-4,16-9-7-6-8-10-16)15-23-19(24)20(2,3)26-18-13-11-17(22)12-14-18/h6-14H,5,15H2,1-4H3,(H,23,24). The van der Waals surface area contributed by atoms with E-state index in [-0.39, 0.29) is 5.91 Å². The van der Waals surface area contributed by atoms with E-state index < -0.39 is 11.2 Å². The smallest absolute Gasteiger partial charge is 0.263 e. The molecule has 0 spiro atoms. The van der Waals surface area contributed by atoms with Gasteiger partial charge in [-0.25, -0.2) is 0 Å². The van der Waals surface area contributed by atoms with Crippen molar-refractivity contribution in [3.8, 4) is 5.75 Å². The summed E-state index contributed by atoms with van der Waals surface area (Å²) < 4.78 is 11.6. The van der Waals surface area contributed by atoms with Gasteiger partial charge in [0.05, 0.1) is 6.54 Å². The van der Waals surface area contributed by atoms with Crippen molar-refractivity contribution in [3.05, 3.63) is 65.2 Å². The van der Waals surface area contributed by atoms with Gasteiger partial charge in [0.2, 0.25) is 0 Å². The molecule has 0 radical (unpaired) electrons. The van der Waals surface area contributed by atoms with E-state index in [0.29, 0.717) is 17.3 Å². The molecule has 0 fully saturated rings. The van der Waals surface area contributed by atoms with Crippen molar-refractivity contribution in [2.75, 3.05) is 13.7 Å². The Morgan fingerprint density at radius 1 is 1.08 bits per heavy atom. The maximum absolute atomic E-state index is 12.7. The van der Waals surface area contributed by atoms with E-state index in [4.69, 9.17) is 21.1 Å². The molecule has 1 atom stereocenters. The third-order valence-corrected chi connectivity index (χ3v) is 4.78. The van der Waals surface area contributed by atoms with E-state index in [2.05, 4.69) is 5.32 Å². The number of carbonyl (C=O) groups excluding carboxylic acids is 1. The molecule has 0 aromatic heterocycles. The van der Waals surface area contributed by atoms with Crippen molar-refractivity contribution in [2.45, 2.75) is 38.4 Å². The molecule has 0 saturated carbocycles. The second-order valence-electron chi connectivity index (χ2n) is 6.67. The van der Waals surface area contributed by atoms with Crippen LogP contribution in [0.25, 0.3) is 0 Å². The van der Waals surface area contributed by atoms with E-state index in [9.17, 15) is 4.79 Å². The van der Waals surface area contributed by atoms with Crippen LogP contribution in [0.4, 0.5) is 0 Å². The molecule has 0 saturated heterocycles. The van der Waals surface area contributed by atoms with Crippen molar-refractivity contribution in [2.24, 2.45) is 0 Å². The average molecular weight is 376 g/mol. The van der Waals surface area contributed by atoms with E-state index in [0.717, 1.165) is 12.0 Å². The largest absolute Gasteiger partial charge is 0.478 e. The first-order valence-electron chi connectivity index (χ1n) is 8.66. The second-order valence-corrected chi connectivity index (χ2v) is 7.10. The summed E-state index contributed by atoms with van der Waals surface area (Å²) in [5, 5.41) is 3.60. The molecule has 140 valence electrons. The monoisotopic (exact) mass is 375 g/mol. The van der Waals surface area contributed by atoms with Crippen LogP contribution in [0.15, 0.2) is 54.6 Å². The summed E-state index contributed by atoms with van der Waals surface area (Å²) >= 11 is 5.89. The molecule has 0 bridgehead atoms. The van der Waals surface area contributed by atoms with Gasteiger partial charge >= 0.3 is 0 Å². The number of rotatable bonds is 8. The molecular weight excluding hydrogens is 350 g/mol. The molecule has 0 aliphatic heterocycles. The zero-order chi connectivity index (χ0) is 19.2. The molecular formula is C21H26ClNO3. The fraction of sp³-hybridized carbons (Fsp3) is 0.381. The van der Waals surface area contributed by atoms with Crippen LogP contribution in [0.1, 0.15) is 32.8 Å². The number of benzene rings is 2. The molecule has 2 aromatic carbocycles. The minimum Gasteiger partial charge on any atom is -0.478 e. The highest BCUT2D eigenvalue weighted by atomic mass is 35.5. The lowest BCUT2D eigenvalue weighted by Gasteiger charge is -2.34. The number of carbonyl (C=O) groups is 1. The number of amides is 1. The van der Waals surface area contributed by atoms with Crippen molar-refractivity contribution < 1.29 is 14.3 Å². The Morgan fingerprint density at radius 3 is 2.23 bits per heavy atom. The quantitative estimate of drug-likeness (QED) is 0.735. The van der Waals surface area contributed by atoms with Gasteiger partial charge in [0, 0.05) is 12.1 Å². The second kappa shape index (κ2) is 8.56. The van der Waals surface area contributed by atoms with Gasteiger partial charge in [0.25, 0.3) is 5.91 Å². The van der Waals surface area contributed by atoms with Crippen LogP contribution in [0, 0.1) is 0 Å². The minimum absolute atomic E-state index is 0.210. The third-order valence-electron chi connectivity index (χ3n) is 4.53. The Labute approximate surface area is 160 Å². The Kier molecular flexibility index (Phi) is 6.68. The van der Waals surface area contributed by atoms with Crippen molar-refractivity contribution >= 4 is 17.5 Å². The number of halogens is 1. The van der Waals surface area contributed by atoms with Crippen molar-refractivity contribution in [1.29, 1.82) is 0 Å². The Bertz CT molecular complexity index is 710. The van der Waals surface area contributed by atoms with Crippen LogP contribution < -0.4 is 10.1 Å². The van der Waals surface area contributed by atoms with Gasteiger partial charge in [0.15, 0.2) is 5.60 Å². The van der Waals surface area contributed by atoms with Crippen LogP contribution in [0.5, 0.6) is 5.75 Å². The maximum Gasteiger partial charge on any atom is 0.263 e. The molecule has 0 aliphatic carbocycles. The van der Waals surface area contributed by atoms with Crippen molar-refractivity contribution in [1.82, 2.24) is 5.32 Å². The van der Waals surface area contributed by atoms with Gasteiger partial charge in [-0.2, -0.15) is 0 Å². The van der Waals surface area contributed by atoms with Crippen LogP contribution in [-0.2, 0) is 15.1 Å². The fourth-order valence-corrected chi connectivity index (χ4v) is 2.91. The summed E-state index contributed by atoms with van der Waals surface area (Å²) in [5.74, 6) is 0.379. The first kappa shape index (κ1) is 20.3. The summed E-state index contributed by atoms with van der Waals surface area (Å²) in [5.41, 5.74) is -0.577. The summed E-state index contributed by atoms with van der Waals surface area (Å²) in [6.07, 6.45) is 0.728. The predicted octanol–water partition coefficient (Wildman–Crippen LogP) is 4.57. The molecule has 0 aliphatic rings. The normalized spacial score (nSPS) is 13.7. The first-order valence-corrected chi connectivity index (χ1v) is 9.04. The summed E-state index contributed by atoms with van der Waals surface area (Å²) in [6, 6.07) is 16.9. The lowest BCUT2D eigenvalue weighted by Crippen LogP contribution is -2.51. The molecule has 5 heteroatoms. The van der Waals surface area contributed by atoms with Gasteiger partial charge < -0.3 is 14.8 Å². The van der Waals surface area contributed by atoms with Gasteiger partial charge in [0.1, 0.15) is 11.4 Å². The lowest BCUT2D eigenvalue weighted by molar-refractivity contribution is -0.136. The Hall–Kier alpha value is -2.04. The van der Waals surface area contributed by atoms with Crippen LogP contribution in [0.2, 0.25) is 5.02 Å². The molecule has 26 heavy (non-hydrogen) atoms. The SMILES string of the molecule is CCC(CNC(=O)C(C)(C)Oc1ccc(Cl)cc1)(OC)c1ccccc1. The average Bonchev–Trinajstić information content (AvgIpc) is 2.65. The molecule has 4 nitrogen and oxygen atoms in total. The molecule has 1 amide bonds. The molecule has 0 heterocycles. The number of hydrogen-bond donors (Lipinski definition) is 1. The predicted molar refractivity (Wildman–Crippen MR) is 105 cm³/mol. The van der Waals surface area contributed by atoms with Crippen LogP contribution in [-0.4, -0.2) is 25.2 Å². The lowest BCUT2D eigenvalue weighted by atomic mass is 9.90. The number of methoxy groups -OCH3 is 1. The number of nitrogens with one attached hydrogen (secondary N) is 1. The zero-order valence-corrected chi connectivity index (χ0v) is 16.5. The third kappa shape index (κ3) is 4.77. The highest BCUT2D eigenvalue weighted by Gasteiger charge is 2.35. The molecule has 2 aromatic rings. The fourth-order valence-electron chi connectivity index (χ4n) is 2.79. The Morgan fingerprint density at radius 2 is 1.69 bits per heavy atom. The number of ether oxygens (including phenoxy) is 2. The van der Waals surface area contributed by atoms with E-state index >= 15 is 0 Å². The van der Waals surface area contributed by atoms with Crippen LogP contribution >= 0.6 is 11.6 Å². The Balaban J connectivity index is 2.08. The minimum atomic E-state index is -1.03. The van der Waals surface area contributed by atoms with E-state index in [1.807, 2.05) is 37.3 Å². The molecule has 2 rings (SSSR count). The molecule has 1 N–H and O–H groups in total. The van der Waals surface area contributed by atoms with E-state index in [1.54, 1.807) is 45.2 Å². The van der Waals surface area contributed by atoms with Crippen LogP contribution in [0.3, 0.4) is 0 Å². The van der Waals surface area contributed by atoms with Gasteiger partial charge in [-0.3, -0.25) is 4.79 Å². The van der Waals surface area contributed by atoms with Crippen molar-refractivity contribution in [3.63, 3.8) is 0 Å². The molecule has 1 unspecified atom stereocenters. The van der Waals surface area contributed by atoms with Gasteiger partial charge in [-0.15, -0.1) is 0 Å². The number of hydrogen-bond acceptors (Lipinski definition) is 3.